The minimum atomic E-state index is -4.55. The van der Waals surface area contributed by atoms with Crippen LogP contribution in [0, 0.1) is 5.92 Å². The van der Waals surface area contributed by atoms with Gasteiger partial charge >= 0.3 is 6.18 Å². The number of aromatic amines is 1. The predicted molar refractivity (Wildman–Crippen MR) is 121 cm³/mol. The van der Waals surface area contributed by atoms with E-state index in [2.05, 4.69) is 17.1 Å². The van der Waals surface area contributed by atoms with Crippen LogP contribution in [0.15, 0.2) is 47.1 Å². The van der Waals surface area contributed by atoms with Crippen LogP contribution in [0.4, 0.5) is 13.2 Å². The van der Waals surface area contributed by atoms with E-state index in [-0.39, 0.29) is 11.0 Å². The van der Waals surface area contributed by atoms with E-state index in [0.29, 0.717) is 36.9 Å². The van der Waals surface area contributed by atoms with Gasteiger partial charge in [-0.25, -0.2) is 0 Å². The molecule has 4 rings (SSSR count). The van der Waals surface area contributed by atoms with Crippen molar-refractivity contribution in [2.45, 2.75) is 45.7 Å². The molecule has 0 aliphatic carbocycles. The summed E-state index contributed by atoms with van der Waals surface area (Å²) in [5, 5.41) is 4.35. The molecule has 1 unspecified atom stereocenters. The molecule has 2 heterocycles. The average Bonchev–Trinajstić information content (AvgIpc) is 3.41. The van der Waals surface area contributed by atoms with E-state index in [9.17, 15) is 13.2 Å². The topological polar surface area (TPSA) is 60.3 Å². The zero-order valence-corrected chi connectivity index (χ0v) is 18.7. The second-order valence-electron chi connectivity index (χ2n) is 8.30. The molecule has 176 valence electrons. The Kier molecular flexibility index (Phi) is 6.81. The zero-order chi connectivity index (χ0) is 23.4. The fourth-order valence-corrected chi connectivity index (χ4v) is 3.88. The standard InChI is InChI=1S/C25H27F3N2O3/c1-3-4-19-22(8-6-20-23(19)33-30-24(20)25(26,27)28)32-14-11-16(2)10-13-31-18-5-7-21-17(15-18)9-12-29-21/h5-9,12,15-16,29H,3-4,10-11,13-14H2,1-2H3. The van der Waals surface area contributed by atoms with Crippen LogP contribution in [0.2, 0.25) is 0 Å². The van der Waals surface area contributed by atoms with Crippen LogP contribution in [-0.4, -0.2) is 23.4 Å². The van der Waals surface area contributed by atoms with Crippen LogP contribution in [0.3, 0.4) is 0 Å². The molecule has 5 nitrogen and oxygen atoms in total. The highest BCUT2D eigenvalue weighted by molar-refractivity contribution is 5.85. The highest BCUT2D eigenvalue weighted by Crippen LogP contribution is 2.38. The van der Waals surface area contributed by atoms with E-state index in [1.54, 1.807) is 6.07 Å². The summed E-state index contributed by atoms with van der Waals surface area (Å²) >= 11 is 0. The van der Waals surface area contributed by atoms with Gasteiger partial charge in [0.25, 0.3) is 0 Å². The number of hydrogen-bond acceptors (Lipinski definition) is 4. The lowest BCUT2D eigenvalue weighted by atomic mass is 10.0. The van der Waals surface area contributed by atoms with Crippen LogP contribution in [0.5, 0.6) is 11.5 Å². The lowest BCUT2D eigenvalue weighted by molar-refractivity contribution is -0.141. The molecule has 0 saturated heterocycles. The second-order valence-corrected chi connectivity index (χ2v) is 8.30. The van der Waals surface area contributed by atoms with E-state index in [1.165, 1.54) is 6.07 Å². The fourth-order valence-electron chi connectivity index (χ4n) is 3.88. The van der Waals surface area contributed by atoms with Crippen molar-refractivity contribution in [3.8, 4) is 11.5 Å². The molecular weight excluding hydrogens is 433 g/mol. The van der Waals surface area contributed by atoms with Gasteiger partial charge in [-0.3, -0.25) is 0 Å². The Morgan fingerprint density at radius 1 is 1.06 bits per heavy atom. The number of ether oxygens (including phenoxy) is 2. The third-order valence-corrected chi connectivity index (χ3v) is 5.74. The van der Waals surface area contributed by atoms with Crippen molar-refractivity contribution in [2.24, 2.45) is 5.92 Å². The number of nitrogens with zero attached hydrogens (tertiary/aromatic N) is 1. The second kappa shape index (κ2) is 9.77. The molecule has 0 spiro atoms. The molecule has 0 amide bonds. The van der Waals surface area contributed by atoms with E-state index >= 15 is 0 Å². The van der Waals surface area contributed by atoms with Crippen LogP contribution < -0.4 is 9.47 Å². The van der Waals surface area contributed by atoms with E-state index in [1.807, 2.05) is 37.4 Å². The third kappa shape index (κ3) is 5.26. The van der Waals surface area contributed by atoms with Crippen LogP contribution in [0.1, 0.15) is 44.4 Å². The number of aromatic nitrogens is 2. The number of alkyl halides is 3. The minimum absolute atomic E-state index is 0.0263. The lowest BCUT2D eigenvalue weighted by Gasteiger charge is -2.15. The Labute approximate surface area is 189 Å². The number of halogens is 3. The monoisotopic (exact) mass is 460 g/mol. The smallest absolute Gasteiger partial charge is 0.437 e. The van der Waals surface area contributed by atoms with Crippen molar-refractivity contribution in [1.29, 1.82) is 0 Å². The first-order chi connectivity index (χ1) is 15.9. The summed E-state index contributed by atoms with van der Waals surface area (Å²) in [6, 6.07) is 10.9. The largest absolute Gasteiger partial charge is 0.494 e. The van der Waals surface area contributed by atoms with Gasteiger partial charge in [0.1, 0.15) is 11.5 Å². The average molecular weight is 460 g/mol. The molecule has 2 aromatic heterocycles. The van der Waals surface area contributed by atoms with E-state index < -0.39 is 11.9 Å². The molecular formula is C25H27F3N2O3. The van der Waals surface area contributed by atoms with Crippen molar-refractivity contribution >= 4 is 21.9 Å². The van der Waals surface area contributed by atoms with Gasteiger partial charge in [0, 0.05) is 22.7 Å². The molecule has 4 aromatic rings. The maximum atomic E-state index is 13.2. The quantitative estimate of drug-likeness (QED) is 0.273. The van der Waals surface area contributed by atoms with Crippen LogP contribution >= 0.6 is 0 Å². The third-order valence-electron chi connectivity index (χ3n) is 5.74. The molecule has 8 heteroatoms. The first-order valence-electron chi connectivity index (χ1n) is 11.2. The summed E-state index contributed by atoms with van der Waals surface area (Å²) < 4.78 is 56.4. The Bertz CT molecular complexity index is 1210. The van der Waals surface area contributed by atoms with Gasteiger partial charge < -0.3 is 19.0 Å². The predicted octanol–water partition coefficient (Wildman–Crippen LogP) is 7.15. The number of nitrogens with one attached hydrogen (secondary N) is 1. The van der Waals surface area contributed by atoms with Crippen molar-refractivity contribution in [2.75, 3.05) is 13.2 Å². The molecule has 0 bridgehead atoms. The van der Waals surface area contributed by atoms with Crippen molar-refractivity contribution in [3.05, 3.63) is 53.9 Å². The van der Waals surface area contributed by atoms with Gasteiger partial charge in [0.15, 0.2) is 11.3 Å². The van der Waals surface area contributed by atoms with E-state index in [0.717, 1.165) is 35.9 Å². The van der Waals surface area contributed by atoms with Gasteiger partial charge in [-0.1, -0.05) is 25.4 Å². The number of hydrogen-bond donors (Lipinski definition) is 1. The van der Waals surface area contributed by atoms with Crippen LogP contribution in [-0.2, 0) is 12.6 Å². The van der Waals surface area contributed by atoms with Crippen LogP contribution in [0.25, 0.3) is 21.9 Å². The summed E-state index contributed by atoms with van der Waals surface area (Å²) in [6.45, 7) is 5.14. The SMILES string of the molecule is CCCc1c(OCCC(C)CCOc2ccc3[nH]ccc3c2)ccc2c(C(F)(F)F)noc12. The Balaban J connectivity index is 1.31. The molecule has 1 atom stereocenters. The van der Waals surface area contributed by atoms with Gasteiger partial charge in [-0.05, 0) is 61.6 Å². The molecule has 0 aliphatic heterocycles. The summed E-state index contributed by atoms with van der Waals surface area (Å²) in [6.07, 6.45) is 0.314. The Morgan fingerprint density at radius 2 is 1.85 bits per heavy atom. The lowest BCUT2D eigenvalue weighted by Crippen LogP contribution is -2.09. The van der Waals surface area contributed by atoms with Gasteiger partial charge in [0.05, 0.1) is 18.6 Å². The molecule has 33 heavy (non-hydrogen) atoms. The Hall–Kier alpha value is -3.16. The molecule has 0 aliphatic rings. The minimum Gasteiger partial charge on any atom is -0.494 e. The first kappa shape index (κ1) is 23.0. The maximum absolute atomic E-state index is 13.2. The highest BCUT2D eigenvalue weighted by atomic mass is 19.4. The molecule has 1 N–H and O–H groups in total. The van der Waals surface area contributed by atoms with E-state index in [4.69, 9.17) is 14.0 Å². The summed E-state index contributed by atoms with van der Waals surface area (Å²) in [4.78, 5) is 3.16. The summed E-state index contributed by atoms with van der Waals surface area (Å²) in [7, 11) is 0. The van der Waals surface area contributed by atoms with Crippen molar-refractivity contribution in [1.82, 2.24) is 10.1 Å². The first-order valence-corrected chi connectivity index (χ1v) is 11.2. The maximum Gasteiger partial charge on any atom is 0.437 e. The molecule has 0 fully saturated rings. The summed E-state index contributed by atoms with van der Waals surface area (Å²) in [5.74, 6) is 1.76. The van der Waals surface area contributed by atoms with Crippen molar-refractivity contribution in [3.63, 3.8) is 0 Å². The highest BCUT2D eigenvalue weighted by Gasteiger charge is 2.37. The van der Waals surface area contributed by atoms with Gasteiger partial charge in [-0.15, -0.1) is 0 Å². The van der Waals surface area contributed by atoms with Crippen molar-refractivity contribution < 1.29 is 27.2 Å². The fraction of sp³-hybridized carbons (Fsp3) is 0.400. The number of H-pyrrole nitrogens is 1. The number of aryl methyl sites for hydroxylation is 1. The Morgan fingerprint density at radius 3 is 2.61 bits per heavy atom. The van der Waals surface area contributed by atoms with Gasteiger partial charge in [0.2, 0.25) is 0 Å². The van der Waals surface area contributed by atoms with Gasteiger partial charge in [-0.2, -0.15) is 13.2 Å². The number of rotatable bonds is 10. The molecule has 0 radical (unpaired) electrons. The summed E-state index contributed by atoms with van der Waals surface area (Å²) in [5.41, 5.74) is 0.871. The number of benzene rings is 2. The zero-order valence-electron chi connectivity index (χ0n) is 18.7. The molecule has 0 saturated carbocycles. The molecule has 2 aromatic carbocycles. The normalized spacial score (nSPS) is 13.0. The number of fused-ring (bicyclic) bond motifs is 2.